The number of anilines is 1. The quantitative estimate of drug-likeness (QED) is 0.647. The highest BCUT2D eigenvalue weighted by Gasteiger charge is 2.08. The van der Waals surface area contributed by atoms with Crippen molar-refractivity contribution in [2.24, 2.45) is 12.0 Å². The zero-order chi connectivity index (χ0) is 18.4. The molecule has 136 valence electrons. The van der Waals surface area contributed by atoms with E-state index in [0.29, 0.717) is 6.54 Å². The molecule has 6 heteroatoms. The molecule has 1 aromatic carbocycles. The van der Waals surface area contributed by atoms with Gasteiger partial charge in [-0.3, -0.25) is 4.68 Å². The van der Waals surface area contributed by atoms with Crippen LogP contribution in [0.5, 0.6) is 0 Å². The van der Waals surface area contributed by atoms with Gasteiger partial charge in [-0.05, 0) is 37.1 Å². The molecular formula is C19H30N6. The summed E-state index contributed by atoms with van der Waals surface area (Å²) < 4.78 is 1.82. The van der Waals surface area contributed by atoms with Crippen molar-refractivity contribution in [3.8, 4) is 0 Å². The van der Waals surface area contributed by atoms with E-state index in [-0.39, 0.29) is 0 Å². The zero-order valence-electron chi connectivity index (χ0n) is 16.2. The summed E-state index contributed by atoms with van der Waals surface area (Å²) in [7, 11) is 8.10. The number of aliphatic imine (C=N–C) groups is 1. The number of guanidine groups is 1. The van der Waals surface area contributed by atoms with Crippen LogP contribution in [0.15, 0.2) is 35.6 Å². The molecule has 1 heterocycles. The van der Waals surface area contributed by atoms with E-state index >= 15 is 0 Å². The van der Waals surface area contributed by atoms with Crippen LogP contribution in [0.2, 0.25) is 0 Å². The number of rotatable bonds is 6. The molecule has 0 spiro atoms. The number of hydrogen-bond acceptors (Lipinski definition) is 3. The Kier molecular flexibility index (Phi) is 6.44. The van der Waals surface area contributed by atoms with E-state index in [1.54, 1.807) is 0 Å². The first-order valence-corrected chi connectivity index (χ1v) is 8.64. The van der Waals surface area contributed by atoms with E-state index < -0.39 is 0 Å². The van der Waals surface area contributed by atoms with Crippen LogP contribution in [-0.4, -0.2) is 48.3 Å². The topological polar surface area (TPSA) is 48.7 Å². The maximum atomic E-state index is 4.81. The fourth-order valence-electron chi connectivity index (χ4n) is 2.67. The SMILES string of the molecule is CCNC(=NCc1ccc(N(C)C)cc1C)N(C)Cc1cnn(C)c1. The van der Waals surface area contributed by atoms with E-state index in [9.17, 15) is 0 Å². The number of nitrogens with one attached hydrogen (secondary N) is 1. The van der Waals surface area contributed by atoms with Crippen LogP contribution >= 0.6 is 0 Å². The van der Waals surface area contributed by atoms with Crippen molar-refractivity contribution in [2.75, 3.05) is 32.6 Å². The highest BCUT2D eigenvalue weighted by molar-refractivity contribution is 5.79. The van der Waals surface area contributed by atoms with Gasteiger partial charge in [0.25, 0.3) is 0 Å². The van der Waals surface area contributed by atoms with Gasteiger partial charge in [-0.15, -0.1) is 0 Å². The van der Waals surface area contributed by atoms with Gasteiger partial charge in [-0.25, -0.2) is 4.99 Å². The average molecular weight is 342 g/mol. The Hall–Kier alpha value is -2.50. The third-order valence-corrected chi connectivity index (χ3v) is 4.12. The fourth-order valence-corrected chi connectivity index (χ4v) is 2.67. The maximum Gasteiger partial charge on any atom is 0.194 e. The molecule has 2 aromatic rings. The van der Waals surface area contributed by atoms with E-state index in [0.717, 1.165) is 19.0 Å². The number of nitrogens with zero attached hydrogens (tertiary/aromatic N) is 5. The molecule has 0 aliphatic carbocycles. The summed E-state index contributed by atoms with van der Waals surface area (Å²) in [5.41, 5.74) is 4.89. The lowest BCUT2D eigenvalue weighted by Gasteiger charge is -2.21. The molecule has 0 fully saturated rings. The molecular weight excluding hydrogens is 312 g/mol. The standard InChI is InChI=1S/C19H30N6/c1-7-20-19(24(5)13-16-11-22-25(6)14-16)21-12-17-8-9-18(23(3)4)10-15(17)2/h8-11,14H,7,12-13H2,1-6H3,(H,20,21). The number of aromatic nitrogens is 2. The molecule has 1 N–H and O–H groups in total. The minimum atomic E-state index is 0.666. The minimum absolute atomic E-state index is 0.666. The smallest absolute Gasteiger partial charge is 0.194 e. The summed E-state index contributed by atoms with van der Waals surface area (Å²) in [5, 5.41) is 7.60. The Morgan fingerprint density at radius 2 is 2.04 bits per heavy atom. The summed E-state index contributed by atoms with van der Waals surface area (Å²) in [6, 6.07) is 6.51. The third kappa shape index (κ3) is 5.24. The molecule has 0 aliphatic rings. The lowest BCUT2D eigenvalue weighted by molar-refractivity contribution is 0.476. The molecule has 2 rings (SSSR count). The first-order valence-electron chi connectivity index (χ1n) is 8.64. The van der Waals surface area contributed by atoms with Crippen LogP contribution in [0.4, 0.5) is 5.69 Å². The van der Waals surface area contributed by atoms with Gasteiger partial charge < -0.3 is 15.1 Å². The molecule has 0 amide bonds. The van der Waals surface area contributed by atoms with Gasteiger partial charge in [0.2, 0.25) is 0 Å². The van der Waals surface area contributed by atoms with Crippen molar-refractivity contribution in [3.05, 3.63) is 47.3 Å². The summed E-state index contributed by atoms with van der Waals surface area (Å²) in [6.45, 7) is 6.51. The average Bonchev–Trinajstić information content (AvgIpc) is 2.97. The van der Waals surface area contributed by atoms with Crippen LogP contribution in [0.3, 0.4) is 0 Å². The monoisotopic (exact) mass is 342 g/mol. The second-order valence-corrected chi connectivity index (χ2v) is 6.55. The Balaban J connectivity index is 2.10. The molecule has 25 heavy (non-hydrogen) atoms. The fraction of sp³-hybridized carbons (Fsp3) is 0.474. The van der Waals surface area contributed by atoms with E-state index in [1.807, 2.05) is 24.1 Å². The van der Waals surface area contributed by atoms with Crippen LogP contribution in [-0.2, 0) is 20.1 Å². The normalized spacial score (nSPS) is 11.5. The van der Waals surface area contributed by atoms with Gasteiger partial charge in [-0.1, -0.05) is 6.07 Å². The number of benzene rings is 1. The lowest BCUT2D eigenvalue weighted by Crippen LogP contribution is -2.38. The summed E-state index contributed by atoms with van der Waals surface area (Å²) in [6.07, 6.45) is 3.92. The highest BCUT2D eigenvalue weighted by atomic mass is 15.3. The summed E-state index contributed by atoms with van der Waals surface area (Å²) >= 11 is 0. The van der Waals surface area contributed by atoms with Crippen LogP contribution in [0.1, 0.15) is 23.6 Å². The highest BCUT2D eigenvalue weighted by Crippen LogP contribution is 2.18. The predicted molar refractivity (Wildman–Crippen MR) is 105 cm³/mol. The van der Waals surface area contributed by atoms with Crippen molar-refractivity contribution in [1.29, 1.82) is 0 Å². The van der Waals surface area contributed by atoms with Crippen LogP contribution in [0.25, 0.3) is 0 Å². The molecule has 0 atom stereocenters. The Morgan fingerprint density at radius 3 is 2.60 bits per heavy atom. The van der Waals surface area contributed by atoms with Gasteiger partial charge in [0.05, 0.1) is 12.7 Å². The number of aryl methyl sites for hydroxylation is 2. The first kappa shape index (κ1) is 18.8. The van der Waals surface area contributed by atoms with Gasteiger partial charge in [0.15, 0.2) is 5.96 Å². The molecule has 0 radical (unpaired) electrons. The molecule has 6 nitrogen and oxygen atoms in total. The predicted octanol–water partition coefficient (Wildman–Crippen LogP) is 2.39. The summed E-state index contributed by atoms with van der Waals surface area (Å²) in [4.78, 5) is 9.06. The van der Waals surface area contributed by atoms with Crippen LogP contribution < -0.4 is 10.2 Å². The second kappa shape index (κ2) is 8.55. The van der Waals surface area contributed by atoms with Crippen molar-refractivity contribution in [3.63, 3.8) is 0 Å². The lowest BCUT2D eigenvalue weighted by atomic mass is 10.1. The van der Waals surface area contributed by atoms with Crippen molar-refractivity contribution >= 4 is 11.6 Å². The minimum Gasteiger partial charge on any atom is -0.378 e. The molecule has 0 aliphatic heterocycles. The Bertz CT molecular complexity index is 716. The van der Waals surface area contributed by atoms with Crippen molar-refractivity contribution in [2.45, 2.75) is 26.9 Å². The number of hydrogen-bond donors (Lipinski definition) is 1. The first-order chi connectivity index (χ1) is 11.9. The summed E-state index contributed by atoms with van der Waals surface area (Å²) in [5.74, 6) is 0.905. The molecule has 0 saturated carbocycles. The van der Waals surface area contributed by atoms with Gasteiger partial charge in [0, 0.05) is 58.7 Å². The van der Waals surface area contributed by atoms with Crippen molar-refractivity contribution < 1.29 is 0 Å². The molecule has 0 bridgehead atoms. The zero-order valence-corrected chi connectivity index (χ0v) is 16.2. The van der Waals surface area contributed by atoms with Gasteiger partial charge >= 0.3 is 0 Å². The van der Waals surface area contributed by atoms with Crippen molar-refractivity contribution in [1.82, 2.24) is 20.0 Å². The third-order valence-electron chi connectivity index (χ3n) is 4.12. The van der Waals surface area contributed by atoms with E-state index in [2.05, 4.69) is 73.4 Å². The van der Waals surface area contributed by atoms with E-state index in [1.165, 1.54) is 22.4 Å². The van der Waals surface area contributed by atoms with Crippen LogP contribution in [0, 0.1) is 6.92 Å². The largest absolute Gasteiger partial charge is 0.378 e. The molecule has 0 unspecified atom stereocenters. The van der Waals surface area contributed by atoms with Gasteiger partial charge in [0.1, 0.15) is 0 Å². The second-order valence-electron chi connectivity index (χ2n) is 6.55. The van der Waals surface area contributed by atoms with E-state index in [4.69, 9.17) is 4.99 Å². The maximum absolute atomic E-state index is 4.81. The van der Waals surface area contributed by atoms with Gasteiger partial charge in [-0.2, -0.15) is 5.10 Å². The molecule has 1 aromatic heterocycles. The Labute approximate surface area is 151 Å². The Morgan fingerprint density at radius 1 is 1.28 bits per heavy atom. The molecule has 0 saturated heterocycles.